The Morgan fingerprint density at radius 2 is 2.25 bits per heavy atom. The first-order chi connectivity index (χ1) is 7.79. The molecule has 88 valence electrons. The second kappa shape index (κ2) is 3.79. The maximum Gasteiger partial charge on any atom is 0.170 e. The third kappa shape index (κ3) is 1.45. The molecule has 0 amide bonds. The van der Waals surface area contributed by atoms with E-state index >= 15 is 0 Å². The van der Waals surface area contributed by atoms with Gasteiger partial charge in [0.2, 0.25) is 0 Å². The summed E-state index contributed by atoms with van der Waals surface area (Å²) >= 11 is 0. The van der Waals surface area contributed by atoms with Crippen molar-refractivity contribution in [1.29, 1.82) is 0 Å². The highest BCUT2D eigenvalue weighted by molar-refractivity contribution is 5.42. The van der Waals surface area contributed by atoms with Crippen LogP contribution in [0.1, 0.15) is 56.3 Å². The number of anilines is 1. The Morgan fingerprint density at radius 1 is 1.38 bits per heavy atom. The van der Waals surface area contributed by atoms with Crippen molar-refractivity contribution >= 4 is 5.82 Å². The Kier molecular flexibility index (Phi) is 2.41. The molecule has 3 nitrogen and oxygen atoms in total. The Balaban J connectivity index is 1.88. The lowest BCUT2D eigenvalue weighted by molar-refractivity contribution is 0.308. The van der Waals surface area contributed by atoms with Crippen LogP contribution in [0.3, 0.4) is 0 Å². The minimum atomic E-state index is 0.616. The molecule has 3 unspecified atom stereocenters. The van der Waals surface area contributed by atoms with Crippen LogP contribution in [0.2, 0.25) is 0 Å². The van der Waals surface area contributed by atoms with E-state index in [-0.39, 0.29) is 0 Å². The van der Waals surface area contributed by atoms with E-state index in [4.69, 9.17) is 10.3 Å². The first kappa shape index (κ1) is 10.2. The van der Waals surface area contributed by atoms with Crippen molar-refractivity contribution in [3.8, 4) is 0 Å². The summed E-state index contributed by atoms with van der Waals surface area (Å²) in [7, 11) is 0. The molecule has 2 saturated carbocycles. The second-order valence-corrected chi connectivity index (χ2v) is 5.44. The van der Waals surface area contributed by atoms with Gasteiger partial charge in [-0.3, -0.25) is 0 Å². The monoisotopic (exact) mass is 220 g/mol. The topological polar surface area (TPSA) is 52.0 Å². The van der Waals surface area contributed by atoms with Crippen LogP contribution < -0.4 is 5.73 Å². The zero-order valence-corrected chi connectivity index (χ0v) is 9.91. The normalized spacial score (nSPS) is 32.4. The molecule has 2 bridgehead atoms. The van der Waals surface area contributed by atoms with Crippen LogP contribution in [-0.2, 0) is 6.42 Å². The summed E-state index contributed by atoms with van der Waals surface area (Å²) < 4.78 is 5.51. The molecule has 0 aromatic carbocycles. The molecule has 2 N–H and O–H groups in total. The van der Waals surface area contributed by atoms with Gasteiger partial charge < -0.3 is 10.3 Å². The molecule has 0 saturated heterocycles. The third-order valence-electron chi connectivity index (χ3n) is 4.42. The molecule has 2 fully saturated rings. The van der Waals surface area contributed by atoms with Crippen molar-refractivity contribution in [2.45, 2.75) is 51.4 Å². The average molecular weight is 220 g/mol. The average Bonchev–Trinajstić information content (AvgIpc) is 2.95. The molecule has 0 radical (unpaired) electrons. The fourth-order valence-corrected chi connectivity index (χ4v) is 3.69. The van der Waals surface area contributed by atoms with Crippen molar-refractivity contribution in [1.82, 2.24) is 5.16 Å². The zero-order chi connectivity index (χ0) is 11.1. The van der Waals surface area contributed by atoms with E-state index in [9.17, 15) is 0 Å². The SMILES string of the molecule is CCCc1c(N)noc1C1CC2CCC1C2. The van der Waals surface area contributed by atoms with Crippen LogP contribution in [0.5, 0.6) is 0 Å². The number of nitrogens with two attached hydrogens (primary N) is 1. The third-order valence-corrected chi connectivity index (χ3v) is 4.42. The summed E-state index contributed by atoms with van der Waals surface area (Å²) in [6, 6.07) is 0. The van der Waals surface area contributed by atoms with Crippen molar-refractivity contribution in [2.75, 3.05) is 5.73 Å². The lowest BCUT2D eigenvalue weighted by atomic mass is 9.85. The van der Waals surface area contributed by atoms with Crippen molar-refractivity contribution < 1.29 is 4.52 Å². The van der Waals surface area contributed by atoms with Gasteiger partial charge in [-0.15, -0.1) is 0 Å². The van der Waals surface area contributed by atoms with Crippen molar-refractivity contribution in [3.05, 3.63) is 11.3 Å². The highest BCUT2D eigenvalue weighted by Crippen LogP contribution is 2.53. The van der Waals surface area contributed by atoms with E-state index in [1.54, 1.807) is 0 Å². The maximum atomic E-state index is 5.89. The number of hydrogen-bond donors (Lipinski definition) is 1. The summed E-state index contributed by atoms with van der Waals surface area (Å²) in [6.45, 7) is 2.18. The Labute approximate surface area is 96.4 Å². The number of rotatable bonds is 3. The molecule has 0 spiro atoms. The summed E-state index contributed by atoms with van der Waals surface area (Å²) in [5, 5.41) is 3.97. The Morgan fingerprint density at radius 3 is 2.88 bits per heavy atom. The summed E-state index contributed by atoms with van der Waals surface area (Å²) in [6.07, 6.45) is 7.63. The molecule has 2 aliphatic carbocycles. The molecule has 2 aliphatic rings. The molecular formula is C13H20N2O. The molecule has 1 aromatic heterocycles. The van der Waals surface area contributed by atoms with E-state index < -0.39 is 0 Å². The van der Waals surface area contributed by atoms with Crippen LogP contribution >= 0.6 is 0 Å². The number of aromatic nitrogens is 1. The smallest absolute Gasteiger partial charge is 0.170 e. The second-order valence-electron chi connectivity index (χ2n) is 5.44. The minimum Gasteiger partial charge on any atom is -0.381 e. The van der Waals surface area contributed by atoms with Gasteiger partial charge in [0.1, 0.15) is 5.76 Å². The van der Waals surface area contributed by atoms with Gasteiger partial charge in [0, 0.05) is 11.5 Å². The lowest BCUT2D eigenvalue weighted by Crippen LogP contribution is -2.09. The zero-order valence-electron chi connectivity index (χ0n) is 9.91. The molecule has 3 rings (SSSR count). The first-order valence-corrected chi connectivity index (χ1v) is 6.53. The van der Waals surface area contributed by atoms with Crippen LogP contribution in [0.25, 0.3) is 0 Å². The fraction of sp³-hybridized carbons (Fsp3) is 0.769. The summed E-state index contributed by atoms with van der Waals surface area (Å²) in [4.78, 5) is 0. The molecule has 3 atom stereocenters. The molecule has 3 heteroatoms. The first-order valence-electron chi connectivity index (χ1n) is 6.53. The van der Waals surface area contributed by atoms with Crippen molar-refractivity contribution in [2.24, 2.45) is 11.8 Å². The predicted octanol–water partition coefficient (Wildman–Crippen LogP) is 3.11. The van der Waals surface area contributed by atoms with Crippen LogP contribution in [-0.4, -0.2) is 5.16 Å². The molecule has 0 aliphatic heterocycles. The van der Waals surface area contributed by atoms with Crippen LogP contribution in [0.15, 0.2) is 4.52 Å². The van der Waals surface area contributed by atoms with Gasteiger partial charge in [-0.25, -0.2) is 0 Å². The Hall–Kier alpha value is -0.990. The van der Waals surface area contributed by atoms with E-state index in [0.717, 1.165) is 30.4 Å². The fourth-order valence-electron chi connectivity index (χ4n) is 3.69. The standard InChI is InChI=1S/C13H20N2O/c1-2-3-10-12(16-15-13(10)14)11-7-8-4-5-9(11)6-8/h8-9,11H,2-7H2,1H3,(H2,14,15). The van der Waals surface area contributed by atoms with Gasteiger partial charge in [0.15, 0.2) is 5.82 Å². The summed E-state index contributed by atoms with van der Waals surface area (Å²) in [5.41, 5.74) is 7.08. The lowest BCUT2D eigenvalue weighted by Gasteiger charge is -2.19. The largest absolute Gasteiger partial charge is 0.381 e. The van der Waals surface area contributed by atoms with E-state index in [0.29, 0.717) is 11.7 Å². The van der Waals surface area contributed by atoms with E-state index in [1.807, 2.05) is 0 Å². The van der Waals surface area contributed by atoms with Gasteiger partial charge in [-0.05, 0) is 37.5 Å². The highest BCUT2D eigenvalue weighted by Gasteiger charge is 2.43. The number of fused-ring (bicyclic) bond motifs is 2. The number of hydrogen-bond acceptors (Lipinski definition) is 3. The predicted molar refractivity (Wildman–Crippen MR) is 63.1 cm³/mol. The van der Waals surface area contributed by atoms with Gasteiger partial charge in [0.25, 0.3) is 0 Å². The van der Waals surface area contributed by atoms with Gasteiger partial charge in [-0.2, -0.15) is 0 Å². The van der Waals surface area contributed by atoms with Crippen molar-refractivity contribution in [3.63, 3.8) is 0 Å². The quantitative estimate of drug-likeness (QED) is 0.851. The molecular weight excluding hydrogens is 200 g/mol. The Bertz CT molecular complexity index is 385. The highest BCUT2D eigenvalue weighted by atomic mass is 16.5. The van der Waals surface area contributed by atoms with E-state index in [2.05, 4.69) is 12.1 Å². The molecule has 1 aromatic rings. The number of nitrogens with zero attached hydrogens (tertiary/aromatic N) is 1. The van der Waals surface area contributed by atoms with Gasteiger partial charge in [0.05, 0.1) is 0 Å². The maximum absolute atomic E-state index is 5.89. The summed E-state index contributed by atoms with van der Waals surface area (Å²) in [5.74, 6) is 4.14. The minimum absolute atomic E-state index is 0.616. The van der Waals surface area contributed by atoms with Crippen LogP contribution in [0.4, 0.5) is 5.82 Å². The van der Waals surface area contributed by atoms with Gasteiger partial charge >= 0.3 is 0 Å². The van der Waals surface area contributed by atoms with Gasteiger partial charge in [-0.1, -0.05) is 24.9 Å². The molecule has 1 heterocycles. The number of nitrogen functional groups attached to an aromatic ring is 1. The van der Waals surface area contributed by atoms with E-state index in [1.165, 1.54) is 31.2 Å². The molecule has 16 heavy (non-hydrogen) atoms. The van der Waals surface area contributed by atoms with Crippen LogP contribution in [0, 0.1) is 11.8 Å².